The summed E-state index contributed by atoms with van der Waals surface area (Å²) in [6.45, 7) is 1.77. The molecule has 0 spiro atoms. The molecule has 5 rings (SSSR count). The van der Waals surface area contributed by atoms with Crippen molar-refractivity contribution < 1.29 is 23.9 Å². The highest BCUT2D eigenvalue weighted by Crippen LogP contribution is 2.48. The van der Waals surface area contributed by atoms with Gasteiger partial charge in [0.1, 0.15) is 5.78 Å². The predicted octanol–water partition coefficient (Wildman–Crippen LogP) is 4.08. The maximum atomic E-state index is 13.3. The molecular formula is C24H29NO5. The van der Waals surface area contributed by atoms with E-state index in [1.54, 1.807) is 14.0 Å². The molecule has 6 nitrogen and oxygen atoms in total. The average Bonchev–Trinajstić information content (AvgIpc) is 3.53. The van der Waals surface area contributed by atoms with Crippen LogP contribution in [0.4, 0.5) is 0 Å². The third-order valence-corrected chi connectivity index (χ3v) is 7.41. The molecule has 3 fully saturated rings. The van der Waals surface area contributed by atoms with Gasteiger partial charge in [-0.25, -0.2) is 0 Å². The molecule has 0 amide bonds. The number of benzene rings is 1. The van der Waals surface area contributed by atoms with Gasteiger partial charge in [-0.1, -0.05) is 5.16 Å². The maximum absolute atomic E-state index is 13.3. The first-order chi connectivity index (χ1) is 14.5. The van der Waals surface area contributed by atoms with E-state index in [0.717, 1.165) is 37.7 Å². The van der Waals surface area contributed by atoms with Crippen LogP contribution in [0.1, 0.15) is 63.9 Å². The Morgan fingerprint density at radius 3 is 2.67 bits per heavy atom. The number of oxime groups is 1. The molecule has 6 heteroatoms. The van der Waals surface area contributed by atoms with Crippen LogP contribution in [0.25, 0.3) is 0 Å². The standard InChI is InChI=1S/C24H29NO5/c1-24(23(27)21-15-7-8-16(11-15)22(21)26)13-18(25-30-24)14-9-10-19(28-2)20(12-14)29-17-5-3-4-6-17/h9-10,12,15-17,21H,3-8,11,13H2,1-2H3. The Bertz CT molecular complexity index is 903. The van der Waals surface area contributed by atoms with Gasteiger partial charge >= 0.3 is 0 Å². The SMILES string of the molecule is COc1ccc(C2=NOC(C)(C(=O)C3C(=O)C4CCC3C4)C2)cc1OC1CCCC1. The highest BCUT2D eigenvalue weighted by atomic mass is 16.7. The smallest absolute Gasteiger partial charge is 0.198 e. The topological polar surface area (TPSA) is 74.2 Å². The van der Waals surface area contributed by atoms with Crippen molar-refractivity contribution in [3.05, 3.63) is 23.8 Å². The van der Waals surface area contributed by atoms with Crippen LogP contribution < -0.4 is 9.47 Å². The van der Waals surface area contributed by atoms with Gasteiger partial charge < -0.3 is 14.3 Å². The molecule has 3 aliphatic carbocycles. The number of fused-ring (bicyclic) bond motifs is 2. The minimum atomic E-state index is -1.08. The van der Waals surface area contributed by atoms with Crippen molar-refractivity contribution in [1.82, 2.24) is 0 Å². The number of carbonyl (C=O) groups excluding carboxylic acids is 2. The zero-order valence-electron chi connectivity index (χ0n) is 17.7. The molecular weight excluding hydrogens is 382 g/mol. The van der Waals surface area contributed by atoms with Crippen molar-refractivity contribution in [2.45, 2.75) is 70.0 Å². The van der Waals surface area contributed by atoms with Crippen molar-refractivity contribution in [3.63, 3.8) is 0 Å². The van der Waals surface area contributed by atoms with E-state index in [-0.39, 0.29) is 29.5 Å². The fourth-order valence-electron chi connectivity index (χ4n) is 5.70. The number of hydrogen-bond donors (Lipinski definition) is 0. The number of carbonyl (C=O) groups is 2. The van der Waals surface area contributed by atoms with E-state index in [9.17, 15) is 9.59 Å². The van der Waals surface area contributed by atoms with Crippen molar-refractivity contribution in [1.29, 1.82) is 0 Å². The Balaban J connectivity index is 1.33. The fraction of sp³-hybridized carbons (Fsp3) is 0.625. The fourth-order valence-corrected chi connectivity index (χ4v) is 5.70. The lowest BCUT2D eigenvalue weighted by atomic mass is 9.77. The molecule has 4 aliphatic rings. The molecule has 1 aliphatic heterocycles. The number of methoxy groups -OCH3 is 1. The zero-order valence-corrected chi connectivity index (χ0v) is 17.7. The summed E-state index contributed by atoms with van der Waals surface area (Å²) in [5.41, 5.74) is 0.493. The molecule has 1 heterocycles. The summed E-state index contributed by atoms with van der Waals surface area (Å²) >= 11 is 0. The molecule has 0 aromatic heterocycles. The molecule has 160 valence electrons. The van der Waals surface area contributed by atoms with E-state index in [2.05, 4.69) is 5.16 Å². The summed E-state index contributed by atoms with van der Waals surface area (Å²) in [5.74, 6) is 1.16. The van der Waals surface area contributed by atoms with E-state index < -0.39 is 11.5 Å². The second kappa shape index (κ2) is 7.40. The van der Waals surface area contributed by atoms with Crippen LogP contribution in [0.15, 0.2) is 23.4 Å². The van der Waals surface area contributed by atoms with Gasteiger partial charge in [0, 0.05) is 17.9 Å². The second-order valence-electron chi connectivity index (χ2n) is 9.44. The predicted molar refractivity (Wildman–Crippen MR) is 111 cm³/mol. The minimum absolute atomic E-state index is 0.0752. The molecule has 30 heavy (non-hydrogen) atoms. The van der Waals surface area contributed by atoms with E-state index in [1.165, 1.54) is 12.8 Å². The third kappa shape index (κ3) is 3.21. The maximum Gasteiger partial charge on any atom is 0.198 e. The van der Waals surface area contributed by atoms with E-state index >= 15 is 0 Å². The van der Waals surface area contributed by atoms with Gasteiger partial charge in [-0.05, 0) is 76.0 Å². The summed E-state index contributed by atoms with van der Waals surface area (Å²) in [4.78, 5) is 31.6. The van der Waals surface area contributed by atoms with Crippen LogP contribution in [-0.4, -0.2) is 36.1 Å². The minimum Gasteiger partial charge on any atom is -0.493 e. The number of ketones is 2. The lowest BCUT2D eigenvalue weighted by molar-refractivity contribution is -0.149. The van der Waals surface area contributed by atoms with E-state index in [4.69, 9.17) is 14.3 Å². The summed E-state index contributed by atoms with van der Waals surface area (Å²) in [5, 5.41) is 4.26. The molecule has 1 aromatic rings. The molecule has 4 unspecified atom stereocenters. The number of nitrogens with zero attached hydrogens (tertiary/aromatic N) is 1. The van der Waals surface area contributed by atoms with Gasteiger partial charge in [-0.2, -0.15) is 0 Å². The first-order valence-corrected chi connectivity index (χ1v) is 11.2. The average molecular weight is 411 g/mol. The van der Waals surface area contributed by atoms with Crippen LogP contribution in [-0.2, 0) is 14.4 Å². The van der Waals surface area contributed by atoms with Gasteiger partial charge in [0.15, 0.2) is 22.9 Å². The Morgan fingerprint density at radius 2 is 1.97 bits per heavy atom. The monoisotopic (exact) mass is 411 g/mol. The first-order valence-electron chi connectivity index (χ1n) is 11.2. The summed E-state index contributed by atoms with van der Waals surface area (Å²) in [6, 6.07) is 5.72. The van der Waals surface area contributed by atoms with Crippen LogP contribution in [0.2, 0.25) is 0 Å². The Morgan fingerprint density at radius 1 is 1.17 bits per heavy atom. The summed E-state index contributed by atoms with van der Waals surface area (Å²) < 4.78 is 11.7. The number of hydrogen-bond acceptors (Lipinski definition) is 6. The zero-order chi connectivity index (χ0) is 20.9. The van der Waals surface area contributed by atoms with Gasteiger partial charge in [0.05, 0.1) is 24.8 Å². The molecule has 1 aromatic carbocycles. The van der Waals surface area contributed by atoms with Crippen LogP contribution >= 0.6 is 0 Å². The molecule has 0 N–H and O–H groups in total. The quantitative estimate of drug-likeness (QED) is 0.660. The van der Waals surface area contributed by atoms with Crippen molar-refractivity contribution in [3.8, 4) is 11.5 Å². The van der Waals surface area contributed by atoms with Gasteiger partial charge in [-0.15, -0.1) is 0 Å². The molecule has 0 saturated heterocycles. The Hall–Kier alpha value is -2.37. The van der Waals surface area contributed by atoms with Gasteiger partial charge in [0.25, 0.3) is 0 Å². The van der Waals surface area contributed by atoms with E-state index in [0.29, 0.717) is 23.6 Å². The highest BCUT2D eigenvalue weighted by Gasteiger charge is 2.56. The molecule has 0 radical (unpaired) electrons. The first kappa shape index (κ1) is 19.6. The lowest BCUT2D eigenvalue weighted by Gasteiger charge is -2.27. The number of rotatable bonds is 6. The van der Waals surface area contributed by atoms with Gasteiger partial charge in [-0.3, -0.25) is 9.59 Å². The Labute approximate surface area is 176 Å². The number of ether oxygens (including phenoxy) is 2. The number of Topliss-reactive ketones (excluding diaryl/α,β-unsaturated/α-hetero) is 2. The summed E-state index contributed by atoms with van der Waals surface area (Å²) in [7, 11) is 1.63. The normalized spacial score (nSPS) is 32.9. The molecule has 3 saturated carbocycles. The van der Waals surface area contributed by atoms with Gasteiger partial charge in [0.2, 0.25) is 0 Å². The Kier molecular flexibility index (Phi) is 4.83. The van der Waals surface area contributed by atoms with E-state index in [1.807, 2.05) is 18.2 Å². The van der Waals surface area contributed by atoms with Crippen molar-refractivity contribution in [2.75, 3.05) is 7.11 Å². The van der Waals surface area contributed by atoms with Crippen molar-refractivity contribution in [2.24, 2.45) is 22.9 Å². The van der Waals surface area contributed by atoms with Crippen LogP contribution in [0, 0.1) is 17.8 Å². The summed E-state index contributed by atoms with van der Waals surface area (Å²) in [6.07, 6.45) is 7.83. The largest absolute Gasteiger partial charge is 0.493 e. The molecule has 2 bridgehead atoms. The van der Waals surface area contributed by atoms with Crippen LogP contribution in [0.3, 0.4) is 0 Å². The van der Waals surface area contributed by atoms with Crippen LogP contribution in [0.5, 0.6) is 11.5 Å². The third-order valence-electron chi connectivity index (χ3n) is 7.41. The molecule has 4 atom stereocenters. The van der Waals surface area contributed by atoms with Crippen molar-refractivity contribution >= 4 is 17.3 Å². The highest BCUT2D eigenvalue weighted by molar-refractivity contribution is 6.12. The lowest BCUT2D eigenvalue weighted by Crippen LogP contribution is -2.45. The second-order valence-corrected chi connectivity index (χ2v) is 9.44.